The van der Waals surface area contributed by atoms with E-state index in [-0.39, 0.29) is 0 Å². The molecule has 0 aliphatic heterocycles. The van der Waals surface area contributed by atoms with E-state index in [1.807, 2.05) is 0 Å². The standard InChI is InChI=1S/C38H38Si/c1-4-7-17-35-34-22-13-21-33(31-19-11-9-15-27(31)6-3)37(34)25-38(35)39-29-23-28-16-12-20-32(36(28)24-29)30-18-10-8-14-26(30)5-2/h8-16,18-22,24-25,35H,4-7,17,23H2,1-3H3. The summed E-state index contributed by atoms with van der Waals surface area (Å²) in [5.41, 5.74) is 14.4. The molecule has 4 aromatic rings. The summed E-state index contributed by atoms with van der Waals surface area (Å²) >= 11 is 0. The van der Waals surface area contributed by atoms with Crippen LogP contribution >= 0.6 is 0 Å². The number of benzene rings is 4. The molecule has 0 heterocycles. The summed E-state index contributed by atoms with van der Waals surface area (Å²) in [6, 6.07) is 31.9. The Hall–Kier alpha value is -3.42. The summed E-state index contributed by atoms with van der Waals surface area (Å²) in [6.07, 6.45) is 12.1. The van der Waals surface area contributed by atoms with E-state index >= 15 is 0 Å². The maximum absolute atomic E-state index is 2.58. The molecule has 1 heteroatoms. The Kier molecular flexibility index (Phi) is 7.53. The summed E-state index contributed by atoms with van der Waals surface area (Å²) < 4.78 is 0. The van der Waals surface area contributed by atoms with E-state index in [0.717, 1.165) is 28.8 Å². The molecule has 0 saturated heterocycles. The average molecular weight is 523 g/mol. The zero-order valence-electron chi connectivity index (χ0n) is 23.6. The van der Waals surface area contributed by atoms with E-state index in [1.165, 1.54) is 69.3 Å². The van der Waals surface area contributed by atoms with Gasteiger partial charge in [-0.1, -0.05) is 141 Å². The van der Waals surface area contributed by atoms with Gasteiger partial charge in [-0.25, -0.2) is 0 Å². The van der Waals surface area contributed by atoms with Crippen LogP contribution in [0.15, 0.2) is 95.3 Å². The molecule has 0 amide bonds. The van der Waals surface area contributed by atoms with Crippen molar-refractivity contribution in [3.63, 3.8) is 0 Å². The molecule has 1 atom stereocenters. The molecule has 2 aliphatic carbocycles. The maximum atomic E-state index is 2.58. The molecule has 0 bridgehead atoms. The number of hydrogen-bond acceptors (Lipinski definition) is 0. The maximum Gasteiger partial charge on any atom is 0.111 e. The van der Waals surface area contributed by atoms with E-state index in [9.17, 15) is 0 Å². The van der Waals surface area contributed by atoms with E-state index in [2.05, 4.69) is 118 Å². The number of rotatable bonds is 9. The van der Waals surface area contributed by atoms with Crippen LogP contribution in [0.1, 0.15) is 79.3 Å². The van der Waals surface area contributed by atoms with Crippen molar-refractivity contribution in [1.82, 2.24) is 0 Å². The summed E-state index contributed by atoms with van der Waals surface area (Å²) in [5.74, 6) is 0.539. The number of unbranched alkanes of at least 4 members (excludes halogenated alkanes) is 1. The first kappa shape index (κ1) is 25.8. The molecule has 1 unspecified atom stereocenters. The number of allylic oxidation sites excluding steroid dienone is 2. The van der Waals surface area contributed by atoms with Gasteiger partial charge in [0.2, 0.25) is 0 Å². The van der Waals surface area contributed by atoms with Gasteiger partial charge in [-0.3, -0.25) is 0 Å². The summed E-state index contributed by atoms with van der Waals surface area (Å²) in [6.45, 7) is 6.85. The van der Waals surface area contributed by atoms with E-state index < -0.39 is 0 Å². The Labute approximate surface area is 237 Å². The molecule has 0 aromatic heterocycles. The average Bonchev–Trinajstić information content (AvgIpc) is 3.56. The normalized spacial score (nSPS) is 15.6. The first-order chi connectivity index (χ1) is 19.2. The minimum absolute atomic E-state index is 0.539. The van der Waals surface area contributed by atoms with Crippen LogP contribution in [0, 0.1) is 0 Å². The predicted octanol–water partition coefficient (Wildman–Crippen LogP) is 10.1. The minimum Gasteiger partial charge on any atom is -0.0748 e. The molecule has 0 nitrogen and oxygen atoms in total. The summed E-state index contributed by atoms with van der Waals surface area (Å²) in [5, 5.41) is 3.22. The SMILES string of the molecule is CCCCC1C([Si]C2=Cc3c(cccc3-c3ccccc3CC)C2)=Cc2c(-c3ccccc3CC)cccc21. The van der Waals surface area contributed by atoms with Gasteiger partial charge in [-0.2, -0.15) is 0 Å². The van der Waals surface area contributed by atoms with Crippen LogP contribution in [0.2, 0.25) is 0 Å². The third-order valence-corrected chi connectivity index (χ3v) is 10.0. The van der Waals surface area contributed by atoms with Crippen molar-refractivity contribution in [2.24, 2.45) is 0 Å². The zero-order chi connectivity index (χ0) is 26.8. The fourth-order valence-corrected chi connectivity index (χ4v) is 8.16. The Bertz CT molecular complexity index is 1570. The first-order valence-corrected chi connectivity index (χ1v) is 15.8. The van der Waals surface area contributed by atoms with Gasteiger partial charge < -0.3 is 0 Å². The Balaban J connectivity index is 1.37. The van der Waals surface area contributed by atoms with Crippen molar-refractivity contribution in [3.05, 3.63) is 129 Å². The highest BCUT2D eigenvalue weighted by Crippen LogP contribution is 2.45. The molecule has 194 valence electrons. The largest absolute Gasteiger partial charge is 0.111 e. The van der Waals surface area contributed by atoms with Crippen molar-refractivity contribution in [1.29, 1.82) is 0 Å². The molecule has 0 spiro atoms. The fourth-order valence-electron chi connectivity index (χ4n) is 6.60. The molecule has 0 saturated carbocycles. The van der Waals surface area contributed by atoms with E-state index in [4.69, 9.17) is 0 Å². The van der Waals surface area contributed by atoms with Crippen molar-refractivity contribution in [2.45, 2.75) is 65.2 Å². The molecule has 2 radical (unpaired) electrons. The van der Waals surface area contributed by atoms with Crippen molar-refractivity contribution < 1.29 is 0 Å². The highest BCUT2D eigenvalue weighted by molar-refractivity contribution is 6.57. The van der Waals surface area contributed by atoms with Crippen LogP contribution in [0.25, 0.3) is 34.4 Å². The lowest BCUT2D eigenvalue weighted by atomic mass is 9.89. The van der Waals surface area contributed by atoms with Crippen LogP contribution in [0.5, 0.6) is 0 Å². The van der Waals surface area contributed by atoms with Gasteiger partial charge in [-0.15, -0.1) is 0 Å². The van der Waals surface area contributed by atoms with Crippen LogP contribution in [-0.4, -0.2) is 9.52 Å². The molecule has 2 aliphatic rings. The van der Waals surface area contributed by atoms with Crippen molar-refractivity contribution >= 4 is 21.7 Å². The molecular weight excluding hydrogens is 485 g/mol. The van der Waals surface area contributed by atoms with E-state index in [1.54, 1.807) is 16.0 Å². The molecule has 6 rings (SSSR count). The van der Waals surface area contributed by atoms with Crippen LogP contribution in [0.3, 0.4) is 0 Å². The van der Waals surface area contributed by atoms with Crippen molar-refractivity contribution in [2.75, 3.05) is 0 Å². The predicted molar refractivity (Wildman–Crippen MR) is 170 cm³/mol. The van der Waals surface area contributed by atoms with Gasteiger partial charge in [0.15, 0.2) is 0 Å². The number of fused-ring (bicyclic) bond motifs is 2. The molecule has 4 aromatic carbocycles. The lowest BCUT2D eigenvalue weighted by Gasteiger charge is -2.18. The Morgan fingerprint density at radius 2 is 1.26 bits per heavy atom. The number of hydrogen-bond donors (Lipinski definition) is 0. The Morgan fingerprint density at radius 3 is 1.92 bits per heavy atom. The summed E-state index contributed by atoms with van der Waals surface area (Å²) in [4.78, 5) is 0. The monoisotopic (exact) mass is 522 g/mol. The second-order valence-corrected chi connectivity index (χ2v) is 12.4. The van der Waals surface area contributed by atoms with Crippen LogP contribution < -0.4 is 0 Å². The second-order valence-electron chi connectivity index (χ2n) is 11.0. The molecule has 0 N–H and O–H groups in total. The zero-order valence-corrected chi connectivity index (χ0v) is 24.6. The first-order valence-electron chi connectivity index (χ1n) is 14.8. The smallest absolute Gasteiger partial charge is 0.0748 e. The third kappa shape index (κ3) is 4.90. The van der Waals surface area contributed by atoms with Crippen LogP contribution in [0.4, 0.5) is 0 Å². The van der Waals surface area contributed by atoms with Gasteiger partial charge in [0.05, 0.1) is 0 Å². The Morgan fingerprint density at radius 1 is 0.641 bits per heavy atom. The van der Waals surface area contributed by atoms with Gasteiger partial charge in [0, 0.05) is 5.92 Å². The van der Waals surface area contributed by atoms with Crippen molar-refractivity contribution in [3.8, 4) is 22.3 Å². The third-order valence-electron chi connectivity index (χ3n) is 8.61. The van der Waals surface area contributed by atoms with Crippen LogP contribution in [-0.2, 0) is 19.3 Å². The lowest BCUT2D eigenvalue weighted by Crippen LogP contribution is -2.08. The van der Waals surface area contributed by atoms with E-state index in [0.29, 0.717) is 5.92 Å². The minimum atomic E-state index is 0.539. The summed E-state index contributed by atoms with van der Waals surface area (Å²) in [7, 11) is 0.749. The second kappa shape index (κ2) is 11.4. The topological polar surface area (TPSA) is 0 Å². The fraction of sp³-hybridized carbons (Fsp3) is 0.263. The van der Waals surface area contributed by atoms with Gasteiger partial charge in [0.25, 0.3) is 0 Å². The highest BCUT2D eigenvalue weighted by Gasteiger charge is 2.29. The number of aryl methyl sites for hydroxylation is 2. The molecule has 0 fully saturated rings. The molecule has 39 heavy (non-hydrogen) atoms. The quantitative estimate of drug-likeness (QED) is 0.192. The van der Waals surface area contributed by atoms with Gasteiger partial charge in [0.1, 0.15) is 9.52 Å². The molecular formula is C38H38Si. The van der Waals surface area contributed by atoms with Gasteiger partial charge in [-0.05, 0) is 81.3 Å². The highest BCUT2D eigenvalue weighted by atomic mass is 28.2. The lowest BCUT2D eigenvalue weighted by molar-refractivity contribution is 0.663. The van der Waals surface area contributed by atoms with Gasteiger partial charge >= 0.3 is 0 Å².